The molecule has 0 saturated carbocycles. The molecule has 1 aliphatic rings. The molecule has 1 atom stereocenters. The zero-order valence-corrected chi connectivity index (χ0v) is 13.1. The van der Waals surface area contributed by atoms with Crippen LogP contribution in [-0.2, 0) is 5.72 Å². The first-order chi connectivity index (χ1) is 10.9. The summed E-state index contributed by atoms with van der Waals surface area (Å²) in [5, 5.41) is 16.6. The number of carbonyl (C=O) groups is 1. The summed E-state index contributed by atoms with van der Waals surface area (Å²) in [5.74, 6) is -1.35. The van der Waals surface area contributed by atoms with Crippen LogP contribution in [0.1, 0.15) is 29.3 Å². The topological polar surface area (TPSA) is 52.9 Å². The third-order valence-corrected chi connectivity index (χ3v) is 3.98. The highest BCUT2D eigenvalue weighted by atomic mass is 35.5. The van der Waals surface area contributed by atoms with Crippen LogP contribution in [0.3, 0.4) is 0 Å². The summed E-state index contributed by atoms with van der Waals surface area (Å²) >= 11 is 5.87. The van der Waals surface area contributed by atoms with Crippen LogP contribution >= 0.6 is 11.6 Å². The van der Waals surface area contributed by atoms with Crippen molar-refractivity contribution in [2.24, 2.45) is 5.10 Å². The van der Waals surface area contributed by atoms with Crippen LogP contribution in [-0.4, -0.2) is 21.7 Å². The lowest BCUT2D eigenvalue weighted by atomic mass is 9.97. The largest absolute Gasteiger partial charge is 0.365 e. The molecule has 1 heterocycles. The van der Waals surface area contributed by atoms with Gasteiger partial charge in [-0.25, -0.2) is 4.39 Å². The molecule has 0 unspecified atom stereocenters. The molecule has 2 aromatic carbocycles. The molecular formula is C17H14ClFN2O2. The van der Waals surface area contributed by atoms with E-state index >= 15 is 0 Å². The van der Waals surface area contributed by atoms with Gasteiger partial charge in [0.25, 0.3) is 5.91 Å². The molecular weight excluding hydrogens is 319 g/mol. The highest BCUT2D eigenvalue weighted by Gasteiger charge is 2.45. The van der Waals surface area contributed by atoms with Gasteiger partial charge in [-0.05, 0) is 31.2 Å². The number of hydrogen-bond acceptors (Lipinski definition) is 3. The van der Waals surface area contributed by atoms with Crippen LogP contribution in [0, 0.1) is 5.82 Å². The maximum absolute atomic E-state index is 13.9. The predicted octanol–water partition coefficient (Wildman–Crippen LogP) is 3.55. The maximum Gasteiger partial charge on any atom is 0.279 e. The van der Waals surface area contributed by atoms with Crippen LogP contribution in [0.5, 0.6) is 0 Å². The molecule has 0 aliphatic carbocycles. The van der Waals surface area contributed by atoms with Crippen molar-refractivity contribution in [3.63, 3.8) is 0 Å². The second-order valence-corrected chi connectivity index (χ2v) is 5.87. The van der Waals surface area contributed by atoms with Crippen LogP contribution in [0.25, 0.3) is 0 Å². The van der Waals surface area contributed by atoms with Crippen molar-refractivity contribution in [2.45, 2.75) is 19.1 Å². The summed E-state index contributed by atoms with van der Waals surface area (Å²) in [6, 6.07) is 12.1. The number of halogens is 2. The smallest absolute Gasteiger partial charge is 0.279 e. The van der Waals surface area contributed by atoms with E-state index < -0.39 is 17.4 Å². The standard InChI is InChI=1S/C17H14ClFN2O2/c1-11-10-17(23,12-6-8-13(18)9-7-12)21(20-11)16(22)14-4-2-3-5-15(14)19/h2-9,23H,10H2,1H3/t17-/m1/s1. The monoisotopic (exact) mass is 332 g/mol. The first kappa shape index (κ1) is 15.6. The Labute approximate surface area is 137 Å². The molecule has 0 aromatic heterocycles. The molecule has 23 heavy (non-hydrogen) atoms. The van der Waals surface area contributed by atoms with Gasteiger partial charge in [0.2, 0.25) is 0 Å². The number of amides is 1. The van der Waals surface area contributed by atoms with E-state index in [0.717, 1.165) is 5.01 Å². The average molecular weight is 333 g/mol. The predicted molar refractivity (Wildman–Crippen MR) is 85.6 cm³/mol. The first-order valence-corrected chi connectivity index (χ1v) is 7.41. The van der Waals surface area contributed by atoms with E-state index in [0.29, 0.717) is 16.3 Å². The number of benzene rings is 2. The average Bonchev–Trinajstić information content (AvgIpc) is 2.83. The number of rotatable bonds is 2. The highest BCUT2D eigenvalue weighted by Crippen LogP contribution is 2.37. The van der Waals surface area contributed by atoms with Gasteiger partial charge >= 0.3 is 0 Å². The number of aliphatic hydroxyl groups is 1. The Kier molecular flexibility index (Phi) is 3.92. The normalized spacial score (nSPS) is 20.5. The van der Waals surface area contributed by atoms with Crippen LogP contribution in [0.15, 0.2) is 53.6 Å². The molecule has 0 spiro atoms. The fraction of sp³-hybridized carbons (Fsp3) is 0.176. The van der Waals surface area contributed by atoms with E-state index in [4.69, 9.17) is 11.6 Å². The van der Waals surface area contributed by atoms with Gasteiger partial charge in [-0.15, -0.1) is 0 Å². The SMILES string of the molecule is CC1=NN(C(=O)c2ccccc2F)[C@](O)(c2ccc(Cl)cc2)C1. The lowest BCUT2D eigenvalue weighted by Crippen LogP contribution is -2.43. The second-order valence-electron chi connectivity index (χ2n) is 5.43. The number of hydrogen-bond donors (Lipinski definition) is 1. The Morgan fingerprint density at radius 2 is 1.91 bits per heavy atom. The molecule has 6 heteroatoms. The van der Waals surface area contributed by atoms with Gasteiger partial charge in [-0.2, -0.15) is 10.1 Å². The minimum atomic E-state index is -1.66. The van der Waals surface area contributed by atoms with E-state index in [1.807, 2.05) is 0 Å². The van der Waals surface area contributed by atoms with Crippen LogP contribution in [0.2, 0.25) is 5.02 Å². The Bertz CT molecular complexity index is 791. The van der Waals surface area contributed by atoms with Crippen molar-refractivity contribution in [1.82, 2.24) is 5.01 Å². The zero-order valence-electron chi connectivity index (χ0n) is 12.3. The summed E-state index contributed by atoms with van der Waals surface area (Å²) in [4.78, 5) is 12.7. The Morgan fingerprint density at radius 1 is 1.26 bits per heavy atom. The Balaban J connectivity index is 2.03. The molecule has 0 bridgehead atoms. The Hall–Kier alpha value is -2.24. The lowest BCUT2D eigenvalue weighted by molar-refractivity contribution is -0.0766. The summed E-state index contributed by atoms with van der Waals surface area (Å²) in [5.41, 5.74) is -0.758. The molecule has 2 aromatic rings. The second kappa shape index (κ2) is 5.76. The van der Waals surface area contributed by atoms with E-state index in [1.54, 1.807) is 37.3 Å². The zero-order chi connectivity index (χ0) is 16.6. The molecule has 4 nitrogen and oxygen atoms in total. The first-order valence-electron chi connectivity index (χ1n) is 7.03. The van der Waals surface area contributed by atoms with Gasteiger partial charge in [0.05, 0.1) is 5.56 Å². The summed E-state index contributed by atoms with van der Waals surface area (Å²) in [6.07, 6.45) is 0.148. The minimum Gasteiger partial charge on any atom is -0.365 e. The van der Waals surface area contributed by atoms with Crippen molar-refractivity contribution in [3.05, 3.63) is 70.5 Å². The van der Waals surface area contributed by atoms with Gasteiger partial charge in [0.15, 0.2) is 5.72 Å². The molecule has 1 aliphatic heterocycles. The summed E-state index contributed by atoms with van der Waals surface area (Å²) < 4.78 is 13.9. The van der Waals surface area contributed by atoms with E-state index in [1.165, 1.54) is 18.2 Å². The van der Waals surface area contributed by atoms with Crippen LogP contribution in [0.4, 0.5) is 4.39 Å². The van der Waals surface area contributed by atoms with Crippen molar-refractivity contribution in [1.29, 1.82) is 0 Å². The number of carbonyl (C=O) groups excluding carboxylic acids is 1. The van der Waals surface area contributed by atoms with Crippen molar-refractivity contribution >= 4 is 23.2 Å². The van der Waals surface area contributed by atoms with E-state index in [2.05, 4.69) is 5.10 Å². The van der Waals surface area contributed by atoms with Gasteiger partial charge in [-0.3, -0.25) is 4.79 Å². The molecule has 1 amide bonds. The molecule has 118 valence electrons. The minimum absolute atomic E-state index is 0.140. The Morgan fingerprint density at radius 3 is 2.57 bits per heavy atom. The highest BCUT2D eigenvalue weighted by molar-refractivity contribution is 6.30. The van der Waals surface area contributed by atoms with Crippen molar-refractivity contribution in [2.75, 3.05) is 0 Å². The van der Waals surface area contributed by atoms with Gasteiger partial charge < -0.3 is 5.11 Å². The van der Waals surface area contributed by atoms with Gasteiger partial charge in [0.1, 0.15) is 5.82 Å². The third-order valence-electron chi connectivity index (χ3n) is 3.73. The third kappa shape index (κ3) is 2.73. The molecule has 0 saturated heterocycles. The van der Waals surface area contributed by atoms with E-state index in [-0.39, 0.29) is 12.0 Å². The number of nitrogens with zero attached hydrogens (tertiary/aromatic N) is 2. The summed E-state index contributed by atoms with van der Waals surface area (Å²) in [6.45, 7) is 1.70. The molecule has 1 N–H and O–H groups in total. The van der Waals surface area contributed by atoms with Gasteiger partial charge in [0, 0.05) is 22.7 Å². The molecule has 0 fully saturated rings. The molecule has 3 rings (SSSR count). The fourth-order valence-electron chi connectivity index (χ4n) is 2.62. The van der Waals surface area contributed by atoms with Crippen molar-refractivity contribution in [3.8, 4) is 0 Å². The van der Waals surface area contributed by atoms with Crippen LogP contribution < -0.4 is 0 Å². The lowest BCUT2D eigenvalue weighted by Gasteiger charge is -2.31. The van der Waals surface area contributed by atoms with E-state index in [9.17, 15) is 14.3 Å². The maximum atomic E-state index is 13.9. The quantitative estimate of drug-likeness (QED) is 0.914. The fourth-order valence-corrected chi connectivity index (χ4v) is 2.75. The molecule has 0 radical (unpaired) electrons. The van der Waals surface area contributed by atoms with Gasteiger partial charge in [-0.1, -0.05) is 35.9 Å². The number of hydrazone groups is 1. The summed E-state index contributed by atoms with van der Waals surface area (Å²) in [7, 11) is 0. The van der Waals surface area contributed by atoms with Crippen molar-refractivity contribution < 1.29 is 14.3 Å².